The fourth-order valence-electron chi connectivity index (χ4n) is 4.46. The van der Waals surface area contributed by atoms with E-state index in [1.165, 1.54) is 0 Å². The maximum Gasteiger partial charge on any atom is 0.350 e. The summed E-state index contributed by atoms with van der Waals surface area (Å²) in [5.74, 6) is 0.171. The van der Waals surface area contributed by atoms with Crippen molar-refractivity contribution in [3.63, 3.8) is 0 Å². The molecule has 6 nitrogen and oxygen atoms in total. The van der Waals surface area contributed by atoms with Gasteiger partial charge in [0, 0.05) is 18.1 Å². The minimum absolute atomic E-state index is 0.0874. The summed E-state index contributed by atoms with van der Waals surface area (Å²) in [6.07, 6.45) is 0.996. The van der Waals surface area contributed by atoms with E-state index in [1.807, 2.05) is 18.9 Å². The van der Waals surface area contributed by atoms with Gasteiger partial charge in [0.05, 0.1) is 25.9 Å². The molecule has 0 N–H and O–H groups in total. The first kappa shape index (κ1) is 29.1. The Morgan fingerprint density at radius 2 is 1.48 bits per heavy atom. The van der Waals surface area contributed by atoms with E-state index in [0.717, 1.165) is 13.0 Å². The van der Waals surface area contributed by atoms with Crippen LogP contribution < -0.4 is 0 Å². The Kier molecular flexibility index (Phi) is 10.3. The van der Waals surface area contributed by atoms with Crippen molar-refractivity contribution in [2.24, 2.45) is 22.7 Å². The number of hydroxylamine groups is 2. The minimum atomic E-state index is -3.47. The fraction of sp³-hybridized carbons (Fsp3) is 1.00. The Morgan fingerprint density at radius 1 is 0.968 bits per heavy atom. The molecule has 0 spiro atoms. The number of hydrogen-bond donors (Lipinski definition) is 0. The third kappa shape index (κ3) is 8.39. The van der Waals surface area contributed by atoms with E-state index >= 15 is 0 Å². The molecule has 1 saturated heterocycles. The molecule has 1 heterocycles. The summed E-state index contributed by atoms with van der Waals surface area (Å²) in [7, 11) is -3.47. The van der Waals surface area contributed by atoms with E-state index in [0.29, 0.717) is 25.7 Å². The van der Waals surface area contributed by atoms with Crippen LogP contribution in [0.25, 0.3) is 0 Å². The predicted octanol–water partition coefficient (Wildman–Crippen LogP) is 6.74. The number of hydrogen-bond acceptors (Lipinski definition) is 6. The highest BCUT2D eigenvalue weighted by molar-refractivity contribution is 7.54. The van der Waals surface area contributed by atoms with Crippen molar-refractivity contribution in [1.29, 1.82) is 0 Å². The zero-order valence-corrected chi connectivity index (χ0v) is 23.2. The third-order valence-electron chi connectivity index (χ3n) is 5.58. The summed E-state index contributed by atoms with van der Waals surface area (Å²) >= 11 is 0. The average Bonchev–Trinajstić information content (AvgIpc) is 2.98. The molecule has 1 aliphatic rings. The summed E-state index contributed by atoms with van der Waals surface area (Å²) in [4.78, 5) is 6.69. The first-order chi connectivity index (χ1) is 14.0. The highest BCUT2D eigenvalue weighted by Crippen LogP contribution is 2.61. The third-order valence-corrected chi connectivity index (χ3v) is 8.40. The lowest BCUT2D eigenvalue weighted by molar-refractivity contribution is -0.273. The van der Waals surface area contributed by atoms with Gasteiger partial charge in [-0.25, -0.2) is 0 Å². The molecule has 1 aliphatic heterocycles. The zero-order valence-electron chi connectivity index (χ0n) is 22.3. The molecule has 31 heavy (non-hydrogen) atoms. The lowest BCUT2D eigenvalue weighted by Gasteiger charge is -2.49. The molecule has 1 rings (SSSR count). The summed E-state index contributed by atoms with van der Waals surface area (Å²) < 4.78 is 31.5. The maximum atomic E-state index is 14.0. The van der Waals surface area contributed by atoms with Crippen LogP contribution in [0, 0.1) is 22.7 Å². The minimum Gasteiger partial charge on any atom is -0.381 e. The first-order valence-corrected chi connectivity index (χ1v) is 13.5. The Bertz CT molecular complexity index is 580. The van der Waals surface area contributed by atoms with E-state index in [9.17, 15) is 4.57 Å². The van der Waals surface area contributed by atoms with Crippen LogP contribution in [-0.4, -0.2) is 48.9 Å². The van der Waals surface area contributed by atoms with Crippen molar-refractivity contribution in [3.8, 4) is 0 Å². The molecule has 1 fully saturated rings. The highest BCUT2D eigenvalue weighted by Gasteiger charge is 2.52. The van der Waals surface area contributed by atoms with Crippen LogP contribution in [0.1, 0.15) is 89.5 Å². The van der Waals surface area contributed by atoms with Gasteiger partial charge in [0.25, 0.3) is 0 Å². The van der Waals surface area contributed by atoms with Crippen LogP contribution in [0.4, 0.5) is 0 Å². The lowest BCUT2D eigenvalue weighted by Crippen LogP contribution is -2.55. The van der Waals surface area contributed by atoms with E-state index in [4.69, 9.17) is 18.6 Å². The maximum absolute atomic E-state index is 14.0. The summed E-state index contributed by atoms with van der Waals surface area (Å²) in [6, 6.07) is 0. The second-order valence-electron chi connectivity index (χ2n) is 12.1. The van der Waals surface area contributed by atoms with E-state index in [1.54, 1.807) is 0 Å². The van der Waals surface area contributed by atoms with E-state index in [-0.39, 0.29) is 17.4 Å². The van der Waals surface area contributed by atoms with Gasteiger partial charge in [-0.05, 0) is 64.7 Å². The molecule has 0 radical (unpaired) electrons. The largest absolute Gasteiger partial charge is 0.381 e. The molecule has 0 aromatic rings. The van der Waals surface area contributed by atoms with E-state index < -0.39 is 24.3 Å². The molecule has 0 aromatic heterocycles. The van der Waals surface area contributed by atoms with Crippen LogP contribution in [0.2, 0.25) is 0 Å². The molecule has 0 aromatic carbocycles. The zero-order chi connectivity index (χ0) is 24.3. The van der Waals surface area contributed by atoms with Crippen LogP contribution in [0.15, 0.2) is 0 Å². The van der Waals surface area contributed by atoms with Crippen molar-refractivity contribution >= 4 is 7.60 Å². The van der Waals surface area contributed by atoms with Crippen molar-refractivity contribution in [2.45, 2.75) is 107 Å². The summed E-state index contributed by atoms with van der Waals surface area (Å²) in [6.45, 7) is 27.2. The number of rotatable bonds is 10. The van der Waals surface area contributed by atoms with Gasteiger partial charge in [-0.3, -0.25) is 9.40 Å². The predicted molar refractivity (Wildman–Crippen MR) is 128 cm³/mol. The molecule has 7 heteroatoms. The second-order valence-corrected chi connectivity index (χ2v) is 14.2. The van der Waals surface area contributed by atoms with Gasteiger partial charge < -0.3 is 13.8 Å². The van der Waals surface area contributed by atoms with Crippen LogP contribution in [0.5, 0.6) is 0 Å². The van der Waals surface area contributed by atoms with Crippen molar-refractivity contribution < 1.29 is 23.2 Å². The Labute approximate surface area is 192 Å². The van der Waals surface area contributed by atoms with Gasteiger partial charge in [0.15, 0.2) is 0 Å². The SMILES string of the molecule is CCOP(=O)(OCC)C(N(OC(C)[C@@H]1COC[C@@H]1CC(C)(C)C)C(C)(C)C)C(C)(C)C. The number of ether oxygens (including phenoxy) is 1. The second kappa shape index (κ2) is 11.0. The molecule has 186 valence electrons. The lowest BCUT2D eigenvalue weighted by atomic mass is 9.78. The van der Waals surface area contributed by atoms with E-state index in [2.05, 4.69) is 69.2 Å². The normalized spacial score (nSPS) is 23.4. The average molecular weight is 464 g/mol. The summed E-state index contributed by atoms with van der Waals surface area (Å²) in [5.41, 5.74) is -0.577. The van der Waals surface area contributed by atoms with Crippen molar-refractivity contribution in [1.82, 2.24) is 5.06 Å². The monoisotopic (exact) mass is 463 g/mol. The molecule has 0 saturated carbocycles. The quantitative estimate of drug-likeness (QED) is 0.264. The molecule has 2 unspecified atom stereocenters. The van der Waals surface area contributed by atoms with Crippen LogP contribution in [0.3, 0.4) is 0 Å². The molecule has 0 aliphatic carbocycles. The van der Waals surface area contributed by atoms with Crippen LogP contribution >= 0.6 is 7.60 Å². The van der Waals surface area contributed by atoms with Crippen LogP contribution in [-0.2, 0) is 23.2 Å². The molecular formula is C24H50NO5P. The van der Waals surface area contributed by atoms with Gasteiger partial charge >= 0.3 is 7.60 Å². The van der Waals surface area contributed by atoms with Gasteiger partial charge in [-0.15, -0.1) is 0 Å². The van der Waals surface area contributed by atoms with Gasteiger partial charge in [0.2, 0.25) is 0 Å². The topological polar surface area (TPSA) is 57.2 Å². The molecular weight excluding hydrogens is 413 g/mol. The van der Waals surface area contributed by atoms with Gasteiger partial charge in [0.1, 0.15) is 5.78 Å². The summed E-state index contributed by atoms with van der Waals surface area (Å²) in [5, 5.41) is 1.90. The number of nitrogens with zero attached hydrogens (tertiary/aromatic N) is 1. The molecule has 4 atom stereocenters. The molecule has 0 amide bonds. The van der Waals surface area contributed by atoms with Gasteiger partial charge in [-0.2, -0.15) is 5.06 Å². The smallest absolute Gasteiger partial charge is 0.350 e. The Hall–Kier alpha value is 0.0300. The van der Waals surface area contributed by atoms with Crippen molar-refractivity contribution in [3.05, 3.63) is 0 Å². The molecule has 0 bridgehead atoms. The highest BCUT2D eigenvalue weighted by atomic mass is 31.2. The van der Waals surface area contributed by atoms with Crippen molar-refractivity contribution in [2.75, 3.05) is 26.4 Å². The standard InChI is InChI=1S/C24H50NO5P/c1-13-28-31(26,29-14-2)21(23(7,8)9)25(24(10,11)12)30-18(3)20-17-27-16-19(20)15-22(4,5)6/h18-21H,13-17H2,1-12H3/t18?,19-,20-,21?/m0/s1. The van der Waals surface area contributed by atoms with Gasteiger partial charge in [-0.1, -0.05) is 41.5 Å². The Morgan fingerprint density at radius 3 is 1.87 bits per heavy atom. The Balaban J connectivity index is 3.30. The fourth-order valence-corrected chi connectivity index (χ4v) is 7.15. The first-order valence-electron chi connectivity index (χ1n) is 11.9.